The van der Waals surface area contributed by atoms with E-state index in [1.165, 1.54) is 6.08 Å². The summed E-state index contributed by atoms with van der Waals surface area (Å²) in [5.41, 5.74) is -0.00847. The summed E-state index contributed by atoms with van der Waals surface area (Å²) in [5, 5.41) is 9.21. The zero-order valence-electron chi connectivity index (χ0n) is 7.49. The van der Waals surface area contributed by atoms with Gasteiger partial charge in [0.25, 0.3) is 0 Å². The highest BCUT2D eigenvalue weighted by molar-refractivity contribution is 5.54. The molecule has 1 N–H and O–H groups in total. The first-order chi connectivity index (χ1) is 7.24. The Morgan fingerprint density at radius 1 is 1.60 bits per heavy atom. The Morgan fingerprint density at radius 3 is 3.13 bits per heavy atom. The smallest absolute Gasteiger partial charge is 0.235 e. The molecule has 0 unspecified atom stereocenters. The fourth-order valence-electron chi connectivity index (χ4n) is 1.33. The summed E-state index contributed by atoms with van der Waals surface area (Å²) in [4.78, 5) is 13.2. The Bertz CT molecular complexity index is 454. The lowest BCUT2D eigenvalue weighted by Gasteiger charge is -2.05. The molecule has 1 aromatic carbocycles. The van der Waals surface area contributed by atoms with Gasteiger partial charge >= 0.3 is 0 Å². The number of aliphatic imine (C=N–C) groups is 1. The molecule has 0 saturated heterocycles. The lowest BCUT2D eigenvalue weighted by molar-refractivity contribution is 0.173. The van der Waals surface area contributed by atoms with Crippen molar-refractivity contribution in [1.82, 2.24) is 0 Å². The number of nitrogens with zero attached hydrogens (tertiary/aromatic N) is 1. The normalized spacial score (nSPS) is 12.3. The van der Waals surface area contributed by atoms with Crippen LogP contribution in [0.3, 0.4) is 0 Å². The SMILES string of the molecule is O=C=NCc1c(F)c(O)cc2c1OCO2. The summed E-state index contributed by atoms with van der Waals surface area (Å²) < 4.78 is 23.4. The van der Waals surface area contributed by atoms with E-state index in [0.29, 0.717) is 0 Å². The number of halogens is 1. The van der Waals surface area contributed by atoms with Crippen molar-refractivity contribution in [2.45, 2.75) is 6.54 Å². The molecule has 0 aromatic heterocycles. The Labute approximate surface area is 83.8 Å². The Hall–Kier alpha value is -2.07. The van der Waals surface area contributed by atoms with Crippen LogP contribution >= 0.6 is 0 Å². The molecular weight excluding hydrogens is 205 g/mol. The maximum atomic E-state index is 13.4. The molecule has 0 radical (unpaired) electrons. The molecule has 1 aromatic rings. The van der Waals surface area contributed by atoms with Gasteiger partial charge in [0.05, 0.1) is 12.1 Å². The number of carbonyl (C=O) groups excluding carboxylic acids is 1. The van der Waals surface area contributed by atoms with Crippen LogP contribution in [0.5, 0.6) is 17.2 Å². The standard InChI is InChI=1S/C9H6FNO4/c10-8-5(2-11-3-12)9-7(1-6(8)13)14-4-15-9/h1,13H,2,4H2. The quantitative estimate of drug-likeness (QED) is 0.587. The van der Waals surface area contributed by atoms with E-state index < -0.39 is 11.6 Å². The molecule has 15 heavy (non-hydrogen) atoms. The number of fused-ring (bicyclic) bond motifs is 1. The van der Waals surface area contributed by atoms with Gasteiger partial charge in [-0.3, -0.25) is 0 Å². The number of isocyanates is 1. The number of ether oxygens (including phenoxy) is 2. The topological polar surface area (TPSA) is 68.1 Å². The second kappa shape index (κ2) is 3.59. The summed E-state index contributed by atoms with van der Waals surface area (Å²) >= 11 is 0. The fraction of sp³-hybridized carbons (Fsp3) is 0.222. The number of hydrogen-bond donors (Lipinski definition) is 1. The minimum absolute atomic E-state index is 0.00847. The number of hydrogen-bond acceptors (Lipinski definition) is 5. The van der Waals surface area contributed by atoms with E-state index in [0.717, 1.165) is 6.07 Å². The van der Waals surface area contributed by atoms with Gasteiger partial charge in [-0.15, -0.1) is 0 Å². The van der Waals surface area contributed by atoms with E-state index in [4.69, 9.17) is 9.47 Å². The molecule has 2 rings (SSSR count). The molecule has 0 fully saturated rings. The van der Waals surface area contributed by atoms with Crippen molar-refractivity contribution < 1.29 is 23.8 Å². The van der Waals surface area contributed by atoms with E-state index in [1.807, 2.05) is 0 Å². The van der Waals surface area contributed by atoms with Crippen LogP contribution < -0.4 is 9.47 Å². The van der Waals surface area contributed by atoms with Gasteiger partial charge in [-0.25, -0.2) is 14.2 Å². The molecule has 0 atom stereocenters. The van der Waals surface area contributed by atoms with Crippen LogP contribution in [0, 0.1) is 5.82 Å². The molecule has 1 heterocycles. The van der Waals surface area contributed by atoms with Crippen molar-refractivity contribution in [3.05, 3.63) is 17.4 Å². The van der Waals surface area contributed by atoms with Gasteiger partial charge in [0.1, 0.15) is 0 Å². The third-order valence-corrected chi connectivity index (χ3v) is 1.97. The first-order valence-electron chi connectivity index (χ1n) is 4.07. The van der Waals surface area contributed by atoms with Crippen LogP contribution in [0.2, 0.25) is 0 Å². The Kier molecular flexibility index (Phi) is 2.27. The molecule has 0 bridgehead atoms. The van der Waals surface area contributed by atoms with Crippen LogP contribution in [-0.2, 0) is 11.3 Å². The third-order valence-electron chi connectivity index (χ3n) is 1.97. The molecule has 0 amide bonds. The van der Waals surface area contributed by atoms with Crippen molar-refractivity contribution >= 4 is 6.08 Å². The molecule has 78 valence electrons. The molecule has 5 nitrogen and oxygen atoms in total. The lowest BCUT2D eigenvalue weighted by Crippen LogP contribution is -1.95. The third kappa shape index (κ3) is 1.51. The van der Waals surface area contributed by atoms with Gasteiger partial charge in [0.2, 0.25) is 12.9 Å². The van der Waals surface area contributed by atoms with Gasteiger partial charge in [-0.1, -0.05) is 0 Å². The van der Waals surface area contributed by atoms with Crippen LogP contribution in [0.1, 0.15) is 5.56 Å². The fourth-order valence-corrected chi connectivity index (χ4v) is 1.33. The van der Waals surface area contributed by atoms with Crippen molar-refractivity contribution in [1.29, 1.82) is 0 Å². The minimum Gasteiger partial charge on any atom is -0.505 e. The molecule has 1 aliphatic heterocycles. The number of phenolic OH excluding ortho intramolecular Hbond substituents is 1. The van der Waals surface area contributed by atoms with E-state index in [2.05, 4.69) is 4.99 Å². The highest BCUT2D eigenvalue weighted by Crippen LogP contribution is 2.41. The molecule has 0 aliphatic carbocycles. The van der Waals surface area contributed by atoms with Gasteiger partial charge in [-0.2, -0.15) is 0 Å². The zero-order chi connectivity index (χ0) is 10.8. The lowest BCUT2D eigenvalue weighted by atomic mass is 10.1. The summed E-state index contributed by atoms with van der Waals surface area (Å²) in [5.74, 6) is -1.01. The summed E-state index contributed by atoms with van der Waals surface area (Å²) in [6, 6.07) is 1.12. The first kappa shape index (κ1) is 9.48. The van der Waals surface area contributed by atoms with Crippen LogP contribution in [-0.4, -0.2) is 18.0 Å². The molecule has 0 spiro atoms. The molecule has 0 saturated carbocycles. The average Bonchev–Trinajstić information content (AvgIpc) is 2.66. The largest absolute Gasteiger partial charge is 0.505 e. The van der Waals surface area contributed by atoms with Crippen LogP contribution in [0.4, 0.5) is 4.39 Å². The van der Waals surface area contributed by atoms with E-state index in [9.17, 15) is 14.3 Å². The van der Waals surface area contributed by atoms with Crippen LogP contribution in [0.15, 0.2) is 11.1 Å². The number of benzene rings is 1. The minimum atomic E-state index is -0.863. The predicted octanol–water partition coefficient (Wildman–Crippen LogP) is 1.10. The van der Waals surface area contributed by atoms with Gasteiger partial charge in [0, 0.05) is 6.07 Å². The highest BCUT2D eigenvalue weighted by Gasteiger charge is 2.24. The second-order valence-corrected chi connectivity index (χ2v) is 2.83. The van der Waals surface area contributed by atoms with Crippen molar-refractivity contribution in [2.24, 2.45) is 4.99 Å². The second-order valence-electron chi connectivity index (χ2n) is 2.83. The van der Waals surface area contributed by atoms with E-state index in [-0.39, 0.29) is 30.4 Å². The molecular formula is C9H6FNO4. The summed E-state index contributed by atoms with van der Waals surface area (Å²) in [6.45, 7) is -0.286. The van der Waals surface area contributed by atoms with Crippen molar-refractivity contribution in [2.75, 3.05) is 6.79 Å². The summed E-state index contributed by atoms with van der Waals surface area (Å²) in [6.07, 6.45) is 1.28. The predicted molar refractivity (Wildman–Crippen MR) is 46.0 cm³/mol. The maximum absolute atomic E-state index is 13.4. The molecule has 1 aliphatic rings. The van der Waals surface area contributed by atoms with Gasteiger partial charge in [0.15, 0.2) is 23.1 Å². The summed E-state index contributed by atoms with van der Waals surface area (Å²) in [7, 11) is 0. The van der Waals surface area contributed by atoms with E-state index in [1.54, 1.807) is 0 Å². The first-order valence-corrected chi connectivity index (χ1v) is 4.07. The van der Waals surface area contributed by atoms with Crippen LogP contribution in [0.25, 0.3) is 0 Å². The maximum Gasteiger partial charge on any atom is 0.235 e. The van der Waals surface area contributed by atoms with Crippen molar-refractivity contribution in [3.63, 3.8) is 0 Å². The highest BCUT2D eigenvalue weighted by atomic mass is 19.1. The van der Waals surface area contributed by atoms with Crippen molar-refractivity contribution in [3.8, 4) is 17.2 Å². The van der Waals surface area contributed by atoms with E-state index >= 15 is 0 Å². The number of rotatable bonds is 2. The molecule has 6 heteroatoms. The Balaban J connectivity index is 2.54. The number of aromatic hydroxyl groups is 1. The Morgan fingerprint density at radius 2 is 2.40 bits per heavy atom. The average molecular weight is 211 g/mol. The van der Waals surface area contributed by atoms with Gasteiger partial charge < -0.3 is 14.6 Å². The number of phenols is 1. The zero-order valence-corrected chi connectivity index (χ0v) is 7.49. The monoisotopic (exact) mass is 211 g/mol. The van der Waals surface area contributed by atoms with Gasteiger partial charge in [-0.05, 0) is 0 Å².